The van der Waals surface area contributed by atoms with Crippen LogP contribution in [0.15, 0.2) is 30.3 Å². The van der Waals surface area contributed by atoms with Gasteiger partial charge in [0.05, 0.1) is 43.9 Å². The van der Waals surface area contributed by atoms with E-state index in [0.29, 0.717) is 21.6 Å². The molecule has 0 N–H and O–H groups in total. The summed E-state index contributed by atoms with van der Waals surface area (Å²) in [5.74, 6) is -2.72. The van der Waals surface area contributed by atoms with Crippen molar-refractivity contribution in [2.24, 2.45) is 0 Å². The number of halogens is 5. The molecule has 0 saturated carbocycles. The third-order valence-corrected chi connectivity index (χ3v) is 7.09. The van der Waals surface area contributed by atoms with Gasteiger partial charge < -0.3 is 14.2 Å². The number of carbonyl (C=O) groups excluding carboxylic acids is 1. The first kappa shape index (κ1) is 25.1. The van der Waals surface area contributed by atoms with Crippen LogP contribution in [0.3, 0.4) is 0 Å². The number of alkyl halides is 3. The molecule has 1 aliphatic rings. The van der Waals surface area contributed by atoms with Crippen LogP contribution in [0.5, 0.6) is 11.5 Å². The SMILES string of the molecule is COC(=O)CC1SC(c2cccc(OC)c2OC)c2cc(Cl)cc(F)c2-n2c1nnc2C(F)(F)F. The first-order valence-electron chi connectivity index (χ1n) is 10.1. The second kappa shape index (κ2) is 9.57. The third-order valence-electron chi connectivity index (χ3n) is 5.39. The van der Waals surface area contributed by atoms with Crippen LogP contribution in [0.1, 0.15) is 39.7 Å². The molecule has 0 spiro atoms. The van der Waals surface area contributed by atoms with Gasteiger partial charge in [0, 0.05) is 10.6 Å². The lowest BCUT2D eigenvalue weighted by molar-refractivity contribution is -0.146. The quantitative estimate of drug-likeness (QED) is 0.316. The van der Waals surface area contributed by atoms with Gasteiger partial charge in [0.2, 0.25) is 5.82 Å². The number of aromatic nitrogens is 3. The molecule has 1 aromatic heterocycles. The Morgan fingerprint density at radius 2 is 1.89 bits per heavy atom. The fourth-order valence-electron chi connectivity index (χ4n) is 3.96. The van der Waals surface area contributed by atoms with Gasteiger partial charge in [-0.3, -0.25) is 9.36 Å². The highest BCUT2D eigenvalue weighted by molar-refractivity contribution is 8.00. The Labute approximate surface area is 206 Å². The second-order valence-corrected chi connectivity index (χ2v) is 9.16. The van der Waals surface area contributed by atoms with Gasteiger partial charge in [0.15, 0.2) is 17.3 Å². The minimum atomic E-state index is -4.96. The molecule has 2 aromatic carbocycles. The molecule has 0 aliphatic carbocycles. The molecule has 4 rings (SSSR count). The van der Waals surface area contributed by atoms with Crippen LogP contribution in [0, 0.1) is 5.82 Å². The van der Waals surface area contributed by atoms with E-state index >= 15 is 4.39 Å². The molecule has 7 nitrogen and oxygen atoms in total. The Morgan fingerprint density at radius 1 is 1.14 bits per heavy atom. The Hall–Kier alpha value is -2.99. The number of benzene rings is 2. The van der Waals surface area contributed by atoms with Crippen LogP contribution in [0.4, 0.5) is 17.6 Å². The molecule has 2 heterocycles. The van der Waals surface area contributed by atoms with E-state index in [1.807, 2.05) is 0 Å². The van der Waals surface area contributed by atoms with Gasteiger partial charge in [-0.05, 0) is 23.8 Å². The maximum atomic E-state index is 15.4. The molecule has 0 amide bonds. The Bertz CT molecular complexity index is 1280. The summed E-state index contributed by atoms with van der Waals surface area (Å²) in [6.07, 6.45) is -5.30. The van der Waals surface area contributed by atoms with Crippen molar-refractivity contribution in [2.45, 2.75) is 23.1 Å². The highest BCUT2D eigenvalue weighted by Crippen LogP contribution is 2.55. The standard InChI is InChI=1S/C22H18ClF4N3O4S/c1-32-14-6-4-5-11(18(14)34-3)19-12-7-10(23)8-13(24)17(12)30-20(15(35-19)9-16(31)33-2)28-29-21(30)22(25,26)27/h4-8,15,19H,9H2,1-3H3. The fraction of sp³-hybridized carbons (Fsp3) is 0.318. The number of nitrogens with zero attached hydrogens (tertiary/aromatic N) is 3. The molecule has 0 saturated heterocycles. The minimum Gasteiger partial charge on any atom is -0.493 e. The van der Waals surface area contributed by atoms with Crippen molar-refractivity contribution in [1.29, 1.82) is 0 Å². The Kier molecular flexibility index (Phi) is 6.87. The van der Waals surface area contributed by atoms with Crippen molar-refractivity contribution in [3.05, 3.63) is 63.9 Å². The molecule has 0 bridgehead atoms. The van der Waals surface area contributed by atoms with Crippen LogP contribution in [0.25, 0.3) is 5.69 Å². The average Bonchev–Trinajstić information content (AvgIpc) is 3.20. The first-order valence-corrected chi connectivity index (χ1v) is 11.4. The highest BCUT2D eigenvalue weighted by atomic mass is 35.5. The Balaban J connectivity index is 2.07. The van der Waals surface area contributed by atoms with Gasteiger partial charge in [-0.25, -0.2) is 4.39 Å². The highest BCUT2D eigenvalue weighted by Gasteiger charge is 2.44. The minimum absolute atomic E-state index is 0.0247. The molecule has 0 fully saturated rings. The zero-order valence-electron chi connectivity index (χ0n) is 18.5. The number of rotatable bonds is 5. The topological polar surface area (TPSA) is 75.5 Å². The van der Waals surface area contributed by atoms with Crippen LogP contribution >= 0.6 is 23.4 Å². The van der Waals surface area contributed by atoms with E-state index in [-0.39, 0.29) is 22.8 Å². The zero-order valence-corrected chi connectivity index (χ0v) is 20.1. The number of para-hydroxylation sites is 1. The molecule has 3 aromatic rings. The van der Waals surface area contributed by atoms with Crippen LogP contribution < -0.4 is 9.47 Å². The lowest BCUT2D eigenvalue weighted by atomic mass is 10.0. The van der Waals surface area contributed by atoms with Crippen LogP contribution in [-0.2, 0) is 15.7 Å². The fourth-order valence-corrected chi connectivity index (χ4v) is 5.67. The van der Waals surface area contributed by atoms with Crippen molar-refractivity contribution < 1.29 is 36.6 Å². The second-order valence-electron chi connectivity index (χ2n) is 7.41. The third kappa shape index (κ3) is 4.52. The van der Waals surface area contributed by atoms with E-state index in [1.54, 1.807) is 18.2 Å². The van der Waals surface area contributed by atoms with E-state index in [2.05, 4.69) is 10.2 Å². The van der Waals surface area contributed by atoms with Crippen molar-refractivity contribution in [2.75, 3.05) is 21.3 Å². The average molecular weight is 532 g/mol. The van der Waals surface area contributed by atoms with E-state index in [4.69, 9.17) is 25.8 Å². The molecule has 2 atom stereocenters. The molecule has 35 heavy (non-hydrogen) atoms. The normalized spacial score (nSPS) is 17.3. The van der Waals surface area contributed by atoms with Gasteiger partial charge in [-0.2, -0.15) is 13.2 Å². The number of hydrogen-bond acceptors (Lipinski definition) is 7. The largest absolute Gasteiger partial charge is 0.493 e. The lowest BCUT2D eigenvalue weighted by Gasteiger charge is -2.23. The maximum Gasteiger partial charge on any atom is 0.452 e. The van der Waals surface area contributed by atoms with E-state index in [0.717, 1.165) is 24.9 Å². The van der Waals surface area contributed by atoms with Crippen LogP contribution in [-0.4, -0.2) is 42.1 Å². The van der Waals surface area contributed by atoms with E-state index < -0.39 is 40.0 Å². The molecular weight excluding hydrogens is 514 g/mol. The van der Waals surface area contributed by atoms with Crippen molar-refractivity contribution in [3.63, 3.8) is 0 Å². The van der Waals surface area contributed by atoms with Gasteiger partial charge in [0.25, 0.3) is 0 Å². The van der Waals surface area contributed by atoms with Gasteiger partial charge in [-0.15, -0.1) is 22.0 Å². The Morgan fingerprint density at radius 3 is 2.51 bits per heavy atom. The van der Waals surface area contributed by atoms with Crippen molar-refractivity contribution in [3.8, 4) is 17.2 Å². The summed E-state index contributed by atoms with van der Waals surface area (Å²) in [4.78, 5) is 12.2. The number of hydrogen-bond donors (Lipinski definition) is 0. The van der Waals surface area contributed by atoms with E-state index in [9.17, 15) is 18.0 Å². The molecule has 13 heteroatoms. The summed E-state index contributed by atoms with van der Waals surface area (Å²) >= 11 is 7.22. The molecule has 186 valence electrons. The summed E-state index contributed by atoms with van der Waals surface area (Å²) < 4.78 is 73.5. The number of esters is 1. The summed E-state index contributed by atoms with van der Waals surface area (Å²) in [6, 6.07) is 7.27. The van der Waals surface area contributed by atoms with Crippen molar-refractivity contribution in [1.82, 2.24) is 14.8 Å². The van der Waals surface area contributed by atoms with Gasteiger partial charge >= 0.3 is 12.1 Å². The van der Waals surface area contributed by atoms with E-state index in [1.165, 1.54) is 20.3 Å². The van der Waals surface area contributed by atoms with Gasteiger partial charge in [-0.1, -0.05) is 23.7 Å². The summed E-state index contributed by atoms with van der Waals surface area (Å²) in [5, 5.41) is 5.18. The summed E-state index contributed by atoms with van der Waals surface area (Å²) in [5.41, 5.74) is 0.170. The molecular formula is C22H18ClF4N3O4S. The zero-order chi connectivity index (χ0) is 25.5. The van der Waals surface area contributed by atoms with Crippen LogP contribution in [0.2, 0.25) is 5.02 Å². The molecule has 1 aliphatic heterocycles. The summed E-state index contributed by atoms with van der Waals surface area (Å²) in [7, 11) is 4.00. The maximum absolute atomic E-state index is 15.4. The molecule has 0 radical (unpaired) electrons. The number of methoxy groups -OCH3 is 3. The predicted octanol–water partition coefficient (Wildman–Crippen LogP) is 5.54. The number of fused-ring (bicyclic) bond motifs is 3. The summed E-state index contributed by atoms with van der Waals surface area (Å²) in [6.45, 7) is 0. The molecule has 2 unspecified atom stereocenters. The lowest BCUT2D eigenvalue weighted by Crippen LogP contribution is -2.18. The number of thioether (sulfide) groups is 1. The number of ether oxygens (including phenoxy) is 3. The first-order chi connectivity index (χ1) is 16.6. The van der Waals surface area contributed by atoms with Gasteiger partial charge in [0.1, 0.15) is 5.82 Å². The monoisotopic (exact) mass is 531 g/mol. The number of carbonyl (C=O) groups is 1. The predicted molar refractivity (Wildman–Crippen MR) is 120 cm³/mol. The van der Waals surface area contributed by atoms with Crippen molar-refractivity contribution >= 4 is 29.3 Å². The smallest absolute Gasteiger partial charge is 0.452 e.